The van der Waals surface area contributed by atoms with Crippen molar-refractivity contribution in [1.29, 1.82) is 0 Å². The average molecular weight is 292 g/mol. The maximum Gasteiger partial charge on any atom is 0.146 e. The lowest BCUT2D eigenvalue weighted by Gasteiger charge is -2.23. The number of para-hydroxylation sites is 1. The highest BCUT2D eigenvalue weighted by Crippen LogP contribution is 2.18. The van der Waals surface area contributed by atoms with E-state index < -0.39 is 6.10 Å². The molecule has 3 N–H and O–H groups in total. The smallest absolute Gasteiger partial charge is 0.146 e. The van der Waals surface area contributed by atoms with Gasteiger partial charge in [-0.3, -0.25) is 4.68 Å². The van der Waals surface area contributed by atoms with Crippen LogP contribution in [0.2, 0.25) is 0 Å². The number of aliphatic hydroxyl groups excluding tert-OH is 1. The van der Waals surface area contributed by atoms with E-state index in [1.54, 1.807) is 34.8 Å². The van der Waals surface area contributed by atoms with E-state index in [4.69, 9.17) is 5.73 Å². The normalized spacial score (nSPS) is 12.4. The van der Waals surface area contributed by atoms with Gasteiger partial charge in [-0.2, -0.15) is 5.10 Å². The minimum Gasteiger partial charge on any atom is -0.396 e. The Labute approximate surface area is 123 Å². The molecule has 0 amide bonds. The van der Waals surface area contributed by atoms with Crippen molar-refractivity contribution in [3.05, 3.63) is 41.5 Å². The van der Waals surface area contributed by atoms with Crippen LogP contribution in [0.25, 0.3) is 0 Å². The van der Waals surface area contributed by atoms with Crippen LogP contribution < -0.4 is 10.6 Å². The number of rotatable bonds is 5. The Morgan fingerprint density at radius 2 is 2.05 bits per heavy atom. The predicted octanol–water partition coefficient (Wildman–Crippen LogP) is 1.72. The Balaban J connectivity index is 2.03. The lowest BCUT2D eigenvalue weighted by molar-refractivity contribution is 0.154. The number of aryl methyl sites for hydroxylation is 1. The van der Waals surface area contributed by atoms with Crippen LogP contribution in [0.15, 0.2) is 24.3 Å². The molecule has 0 aliphatic heterocycles. The summed E-state index contributed by atoms with van der Waals surface area (Å²) in [4.78, 5) is 1.69. The van der Waals surface area contributed by atoms with Crippen LogP contribution in [0, 0.1) is 19.7 Å². The first-order chi connectivity index (χ1) is 9.90. The van der Waals surface area contributed by atoms with Crippen molar-refractivity contribution < 1.29 is 9.50 Å². The van der Waals surface area contributed by atoms with E-state index >= 15 is 0 Å². The Hall–Kier alpha value is -2.08. The second-order valence-electron chi connectivity index (χ2n) is 5.25. The van der Waals surface area contributed by atoms with Crippen molar-refractivity contribution in [2.75, 3.05) is 24.2 Å². The third kappa shape index (κ3) is 3.33. The molecule has 0 saturated heterocycles. The Bertz CT molecular complexity index is 626. The summed E-state index contributed by atoms with van der Waals surface area (Å²) in [7, 11) is 1.75. The minimum atomic E-state index is -0.674. The number of hydrogen-bond donors (Lipinski definition) is 2. The number of nitrogen functional groups attached to an aromatic ring is 1. The van der Waals surface area contributed by atoms with Gasteiger partial charge in [0, 0.05) is 13.6 Å². The molecular formula is C15H21FN4O. The van der Waals surface area contributed by atoms with Gasteiger partial charge >= 0.3 is 0 Å². The average Bonchev–Trinajstić information content (AvgIpc) is 2.66. The number of likely N-dealkylation sites (N-methyl/N-ethyl adjacent to an activating group) is 1. The van der Waals surface area contributed by atoms with Crippen LogP contribution in [0.5, 0.6) is 0 Å². The van der Waals surface area contributed by atoms with Gasteiger partial charge in [-0.05, 0) is 26.0 Å². The third-order valence-corrected chi connectivity index (χ3v) is 3.57. The van der Waals surface area contributed by atoms with Gasteiger partial charge in [0.05, 0.1) is 35.4 Å². The summed E-state index contributed by atoms with van der Waals surface area (Å²) in [5.74, 6) is -0.303. The van der Waals surface area contributed by atoms with Gasteiger partial charge in [-0.1, -0.05) is 12.1 Å². The SMILES string of the molecule is Cc1nn(CC(O)CN(C)c2ccccc2F)c(C)c1N. The van der Waals surface area contributed by atoms with Crippen LogP contribution in [-0.4, -0.2) is 34.6 Å². The summed E-state index contributed by atoms with van der Waals surface area (Å²) in [5.41, 5.74) is 8.56. The number of nitrogens with two attached hydrogens (primary N) is 1. The van der Waals surface area contributed by atoms with Crippen molar-refractivity contribution in [2.24, 2.45) is 0 Å². The first-order valence-electron chi connectivity index (χ1n) is 6.83. The predicted molar refractivity (Wildman–Crippen MR) is 81.8 cm³/mol. The summed E-state index contributed by atoms with van der Waals surface area (Å²) in [6, 6.07) is 6.49. The number of nitrogens with zero attached hydrogens (tertiary/aromatic N) is 3. The minimum absolute atomic E-state index is 0.303. The van der Waals surface area contributed by atoms with E-state index in [9.17, 15) is 9.50 Å². The zero-order chi connectivity index (χ0) is 15.6. The molecule has 5 nitrogen and oxygen atoms in total. The van der Waals surface area contributed by atoms with Crippen LogP contribution in [-0.2, 0) is 6.54 Å². The maximum atomic E-state index is 13.7. The fraction of sp³-hybridized carbons (Fsp3) is 0.400. The van der Waals surface area contributed by atoms with Gasteiger partial charge in [0.25, 0.3) is 0 Å². The van der Waals surface area contributed by atoms with Crippen LogP contribution in [0.3, 0.4) is 0 Å². The second-order valence-corrected chi connectivity index (χ2v) is 5.25. The zero-order valence-corrected chi connectivity index (χ0v) is 12.5. The molecule has 6 heteroatoms. The molecule has 1 atom stereocenters. The van der Waals surface area contributed by atoms with Crippen molar-refractivity contribution in [1.82, 2.24) is 9.78 Å². The first-order valence-corrected chi connectivity index (χ1v) is 6.83. The van der Waals surface area contributed by atoms with Crippen molar-refractivity contribution in [2.45, 2.75) is 26.5 Å². The number of halogens is 1. The van der Waals surface area contributed by atoms with Crippen LogP contribution >= 0.6 is 0 Å². The molecule has 1 aromatic carbocycles. The van der Waals surface area contributed by atoms with Gasteiger partial charge in [-0.25, -0.2) is 4.39 Å². The molecule has 1 heterocycles. The van der Waals surface area contributed by atoms with Crippen LogP contribution in [0.4, 0.5) is 15.8 Å². The Morgan fingerprint density at radius 1 is 1.38 bits per heavy atom. The van der Waals surface area contributed by atoms with Gasteiger partial charge in [0.15, 0.2) is 0 Å². The molecule has 2 aromatic rings. The van der Waals surface area contributed by atoms with Gasteiger partial charge < -0.3 is 15.7 Å². The number of aromatic nitrogens is 2. The molecule has 114 valence electrons. The molecule has 0 saturated carbocycles. The summed E-state index contributed by atoms with van der Waals surface area (Å²) in [6.45, 7) is 4.32. The number of hydrogen-bond acceptors (Lipinski definition) is 4. The van der Waals surface area contributed by atoms with Crippen molar-refractivity contribution >= 4 is 11.4 Å². The van der Waals surface area contributed by atoms with Gasteiger partial charge in [0.1, 0.15) is 5.82 Å². The summed E-state index contributed by atoms with van der Waals surface area (Å²) in [5, 5.41) is 14.5. The lowest BCUT2D eigenvalue weighted by atomic mass is 10.2. The van der Waals surface area contributed by atoms with E-state index in [0.29, 0.717) is 24.5 Å². The molecule has 1 unspecified atom stereocenters. The Morgan fingerprint density at radius 3 is 2.62 bits per heavy atom. The lowest BCUT2D eigenvalue weighted by Crippen LogP contribution is -2.33. The highest BCUT2D eigenvalue weighted by molar-refractivity contribution is 5.47. The number of anilines is 2. The first kappa shape index (κ1) is 15.3. The molecule has 0 spiro atoms. The van der Waals surface area contributed by atoms with E-state index in [1.807, 2.05) is 13.8 Å². The standard InChI is InChI=1S/C15H21FN4O/c1-10-15(17)11(2)20(18-10)9-12(21)8-19(3)14-7-5-4-6-13(14)16/h4-7,12,21H,8-9,17H2,1-3H3. The maximum absolute atomic E-state index is 13.7. The fourth-order valence-electron chi connectivity index (χ4n) is 2.32. The van der Waals surface area contributed by atoms with E-state index in [-0.39, 0.29) is 5.82 Å². The summed E-state index contributed by atoms with van der Waals surface area (Å²) >= 11 is 0. The zero-order valence-electron chi connectivity index (χ0n) is 12.5. The quantitative estimate of drug-likeness (QED) is 0.880. The summed E-state index contributed by atoms with van der Waals surface area (Å²) in [6.07, 6.45) is -0.674. The molecule has 21 heavy (non-hydrogen) atoms. The molecule has 0 fully saturated rings. The molecule has 0 aliphatic carbocycles. The monoisotopic (exact) mass is 292 g/mol. The Kier molecular flexibility index (Phi) is 4.47. The second kappa shape index (κ2) is 6.13. The van der Waals surface area contributed by atoms with Gasteiger partial charge in [0.2, 0.25) is 0 Å². The molecule has 0 radical (unpaired) electrons. The van der Waals surface area contributed by atoms with E-state index in [0.717, 1.165) is 11.4 Å². The van der Waals surface area contributed by atoms with Crippen LogP contribution in [0.1, 0.15) is 11.4 Å². The van der Waals surface area contributed by atoms with Crippen molar-refractivity contribution in [3.63, 3.8) is 0 Å². The molecular weight excluding hydrogens is 271 g/mol. The molecule has 1 aromatic heterocycles. The van der Waals surface area contributed by atoms with Gasteiger partial charge in [-0.15, -0.1) is 0 Å². The number of benzene rings is 1. The molecule has 0 aliphatic rings. The highest BCUT2D eigenvalue weighted by atomic mass is 19.1. The molecule has 2 rings (SSSR count). The highest BCUT2D eigenvalue weighted by Gasteiger charge is 2.15. The molecule has 0 bridgehead atoms. The van der Waals surface area contributed by atoms with Crippen molar-refractivity contribution in [3.8, 4) is 0 Å². The number of aliphatic hydroxyl groups is 1. The third-order valence-electron chi connectivity index (χ3n) is 3.57. The topological polar surface area (TPSA) is 67.3 Å². The fourth-order valence-corrected chi connectivity index (χ4v) is 2.32. The summed E-state index contributed by atoms with van der Waals surface area (Å²) < 4.78 is 15.4. The van der Waals surface area contributed by atoms with E-state index in [1.165, 1.54) is 6.07 Å². The van der Waals surface area contributed by atoms with E-state index in [2.05, 4.69) is 5.10 Å². The largest absolute Gasteiger partial charge is 0.396 e.